The molecule has 5 heteroatoms. The highest BCUT2D eigenvalue weighted by molar-refractivity contribution is 6.15. The molecular formula is C22H24FNO3. The highest BCUT2D eigenvalue weighted by Gasteiger charge is 2.33. The molecule has 0 aromatic heterocycles. The molecule has 1 aliphatic heterocycles. The molecular weight excluding hydrogens is 345 g/mol. The van der Waals surface area contributed by atoms with Gasteiger partial charge >= 0.3 is 0 Å². The summed E-state index contributed by atoms with van der Waals surface area (Å²) >= 11 is 0. The van der Waals surface area contributed by atoms with Crippen LogP contribution in [0.25, 0.3) is 6.08 Å². The number of aryl methyl sites for hydroxylation is 1. The van der Waals surface area contributed by atoms with E-state index in [0.29, 0.717) is 29.0 Å². The normalized spacial score (nSPS) is 14.7. The minimum absolute atomic E-state index is 0.0706. The first kappa shape index (κ1) is 19.1. The van der Waals surface area contributed by atoms with Crippen LogP contribution in [0.1, 0.15) is 46.8 Å². The molecule has 0 saturated carbocycles. The predicted molar refractivity (Wildman–Crippen MR) is 103 cm³/mol. The van der Waals surface area contributed by atoms with Gasteiger partial charge in [-0.2, -0.15) is 0 Å². The molecule has 2 aromatic carbocycles. The molecule has 0 atom stereocenters. The topological polar surface area (TPSA) is 49.8 Å². The molecule has 0 unspecified atom stereocenters. The molecule has 27 heavy (non-hydrogen) atoms. The molecule has 1 heterocycles. The molecule has 0 fully saturated rings. The lowest BCUT2D eigenvalue weighted by Crippen LogP contribution is -2.19. The first-order valence-corrected chi connectivity index (χ1v) is 9.15. The van der Waals surface area contributed by atoms with Gasteiger partial charge in [-0.05, 0) is 50.7 Å². The lowest BCUT2D eigenvalue weighted by Gasteiger charge is -2.19. The van der Waals surface area contributed by atoms with Crippen molar-refractivity contribution in [1.82, 2.24) is 4.90 Å². The third-order valence-corrected chi connectivity index (χ3v) is 4.73. The number of allylic oxidation sites excluding steroid dienone is 1. The van der Waals surface area contributed by atoms with Gasteiger partial charge in [0.1, 0.15) is 17.3 Å². The van der Waals surface area contributed by atoms with Crippen LogP contribution in [0.2, 0.25) is 0 Å². The summed E-state index contributed by atoms with van der Waals surface area (Å²) < 4.78 is 19.8. The van der Waals surface area contributed by atoms with Crippen molar-refractivity contribution in [2.75, 3.05) is 13.6 Å². The van der Waals surface area contributed by atoms with Crippen molar-refractivity contribution in [3.63, 3.8) is 0 Å². The van der Waals surface area contributed by atoms with Gasteiger partial charge in [0.05, 0.1) is 11.1 Å². The number of nitrogens with zero attached hydrogens (tertiary/aromatic N) is 1. The third-order valence-electron chi connectivity index (χ3n) is 4.73. The first-order chi connectivity index (χ1) is 12.9. The minimum Gasteiger partial charge on any atom is -0.507 e. The van der Waals surface area contributed by atoms with Crippen LogP contribution in [0.4, 0.5) is 4.39 Å². The fraction of sp³-hybridized carbons (Fsp3) is 0.318. The van der Waals surface area contributed by atoms with E-state index < -0.39 is 5.82 Å². The van der Waals surface area contributed by atoms with Crippen LogP contribution in [0.3, 0.4) is 0 Å². The number of rotatable bonds is 6. The molecule has 0 bridgehead atoms. The summed E-state index contributed by atoms with van der Waals surface area (Å²) in [5.74, 6) is -0.154. The number of unbranched alkanes of at least 4 members (excludes halogenated alkanes) is 1. The number of aromatic hydroxyl groups is 1. The zero-order valence-corrected chi connectivity index (χ0v) is 15.9. The standard InChI is InChI=1S/C22H24FNO3/c1-4-5-10-24(3)13-16-18(25)11-14(2)20-21(26)19(27-22(16)20)12-15-8-6-7-9-17(15)23/h6-9,11-12,25H,4-5,10,13H2,1-3H3/b19-12-. The van der Waals surface area contributed by atoms with Crippen molar-refractivity contribution in [1.29, 1.82) is 0 Å². The second-order valence-electron chi connectivity index (χ2n) is 6.95. The van der Waals surface area contributed by atoms with E-state index in [0.717, 1.165) is 19.4 Å². The van der Waals surface area contributed by atoms with Gasteiger partial charge in [-0.1, -0.05) is 31.5 Å². The average Bonchev–Trinajstić information content (AvgIpc) is 2.95. The van der Waals surface area contributed by atoms with Gasteiger partial charge in [0.2, 0.25) is 5.78 Å². The fourth-order valence-electron chi connectivity index (χ4n) is 3.24. The zero-order chi connectivity index (χ0) is 19.6. The number of ketones is 1. The summed E-state index contributed by atoms with van der Waals surface area (Å²) in [4.78, 5) is 14.9. The minimum atomic E-state index is -0.420. The summed E-state index contributed by atoms with van der Waals surface area (Å²) in [5.41, 5.74) is 1.95. The Morgan fingerprint density at radius 2 is 2.04 bits per heavy atom. The SMILES string of the molecule is CCCCN(C)Cc1c(O)cc(C)c2c1O/C(=C\c1ccccc1F)C2=O. The van der Waals surface area contributed by atoms with Crippen LogP contribution in [0.5, 0.6) is 11.5 Å². The van der Waals surface area contributed by atoms with Gasteiger partial charge < -0.3 is 14.7 Å². The van der Waals surface area contributed by atoms with Crippen LogP contribution in [-0.2, 0) is 6.54 Å². The third kappa shape index (κ3) is 3.88. The smallest absolute Gasteiger partial charge is 0.232 e. The van der Waals surface area contributed by atoms with E-state index in [-0.39, 0.29) is 22.9 Å². The van der Waals surface area contributed by atoms with Gasteiger partial charge in [-0.3, -0.25) is 4.79 Å². The molecule has 142 valence electrons. The number of fused-ring (bicyclic) bond motifs is 1. The maximum absolute atomic E-state index is 14.0. The van der Waals surface area contributed by atoms with Gasteiger partial charge in [0, 0.05) is 12.1 Å². The van der Waals surface area contributed by atoms with E-state index in [1.807, 2.05) is 7.05 Å². The van der Waals surface area contributed by atoms with Crippen molar-refractivity contribution in [2.45, 2.75) is 33.2 Å². The molecule has 0 aliphatic carbocycles. The second kappa shape index (κ2) is 7.92. The molecule has 0 amide bonds. The van der Waals surface area contributed by atoms with Crippen molar-refractivity contribution in [2.24, 2.45) is 0 Å². The summed E-state index contributed by atoms with van der Waals surface area (Å²) in [5, 5.41) is 10.4. The maximum atomic E-state index is 14.0. The quantitative estimate of drug-likeness (QED) is 0.751. The number of carbonyl (C=O) groups is 1. The number of ether oxygens (including phenoxy) is 1. The highest BCUT2D eigenvalue weighted by Crippen LogP contribution is 2.42. The molecule has 0 spiro atoms. The summed E-state index contributed by atoms with van der Waals surface area (Å²) in [7, 11) is 1.97. The monoisotopic (exact) mass is 369 g/mol. The Morgan fingerprint density at radius 3 is 2.74 bits per heavy atom. The Balaban J connectivity index is 1.98. The number of carbonyl (C=O) groups excluding carboxylic acids is 1. The number of hydrogen-bond acceptors (Lipinski definition) is 4. The van der Waals surface area contributed by atoms with E-state index in [4.69, 9.17) is 4.74 Å². The number of phenols is 1. The van der Waals surface area contributed by atoms with Crippen molar-refractivity contribution < 1.29 is 19.0 Å². The largest absolute Gasteiger partial charge is 0.507 e. The summed E-state index contributed by atoms with van der Waals surface area (Å²) in [6, 6.07) is 7.81. The number of Topliss-reactive ketones (excluding diaryl/α,β-unsaturated/α-hetero) is 1. The first-order valence-electron chi connectivity index (χ1n) is 9.15. The van der Waals surface area contributed by atoms with Gasteiger partial charge in [0.15, 0.2) is 5.76 Å². The van der Waals surface area contributed by atoms with E-state index in [2.05, 4.69) is 11.8 Å². The molecule has 0 radical (unpaired) electrons. The van der Waals surface area contributed by atoms with Gasteiger partial charge in [-0.25, -0.2) is 4.39 Å². The Hall–Kier alpha value is -2.66. The molecule has 0 saturated heterocycles. The zero-order valence-electron chi connectivity index (χ0n) is 15.9. The van der Waals surface area contributed by atoms with Crippen LogP contribution in [0.15, 0.2) is 36.1 Å². The summed E-state index contributed by atoms with van der Waals surface area (Å²) in [6.07, 6.45) is 3.54. The maximum Gasteiger partial charge on any atom is 0.232 e. The average molecular weight is 369 g/mol. The van der Waals surface area contributed by atoms with E-state index >= 15 is 0 Å². The Bertz CT molecular complexity index is 905. The van der Waals surface area contributed by atoms with Gasteiger partial charge in [0.25, 0.3) is 0 Å². The highest BCUT2D eigenvalue weighted by atomic mass is 19.1. The van der Waals surface area contributed by atoms with Crippen LogP contribution >= 0.6 is 0 Å². The lowest BCUT2D eigenvalue weighted by atomic mass is 9.99. The van der Waals surface area contributed by atoms with E-state index in [1.54, 1.807) is 31.2 Å². The Kier molecular flexibility index (Phi) is 5.61. The Morgan fingerprint density at radius 1 is 1.30 bits per heavy atom. The lowest BCUT2D eigenvalue weighted by molar-refractivity contribution is 0.101. The predicted octanol–water partition coefficient (Wildman–Crippen LogP) is 4.69. The molecule has 4 nitrogen and oxygen atoms in total. The van der Waals surface area contributed by atoms with E-state index in [1.165, 1.54) is 12.1 Å². The number of halogens is 1. The number of phenolic OH excluding ortho intramolecular Hbond substituents is 1. The summed E-state index contributed by atoms with van der Waals surface area (Å²) in [6.45, 7) is 5.23. The molecule has 1 aliphatic rings. The van der Waals surface area contributed by atoms with Crippen molar-refractivity contribution in [3.8, 4) is 11.5 Å². The van der Waals surface area contributed by atoms with Crippen LogP contribution in [-0.4, -0.2) is 29.4 Å². The number of benzene rings is 2. The Labute approximate surface area is 158 Å². The van der Waals surface area contributed by atoms with Gasteiger partial charge in [-0.15, -0.1) is 0 Å². The van der Waals surface area contributed by atoms with E-state index in [9.17, 15) is 14.3 Å². The fourth-order valence-corrected chi connectivity index (χ4v) is 3.24. The van der Waals surface area contributed by atoms with Crippen molar-refractivity contribution in [3.05, 3.63) is 64.2 Å². The molecule has 3 rings (SSSR count). The van der Waals surface area contributed by atoms with Crippen LogP contribution in [0, 0.1) is 12.7 Å². The molecule has 2 aromatic rings. The van der Waals surface area contributed by atoms with Crippen molar-refractivity contribution >= 4 is 11.9 Å². The van der Waals surface area contributed by atoms with Crippen LogP contribution < -0.4 is 4.74 Å². The number of hydrogen-bond donors (Lipinski definition) is 1. The second-order valence-corrected chi connectivity index (χ2v) is 6.95. The molecule has 1 N–H and O–H groups in total.